The van der Waals surface area contributed by atoms with Gasteiger partial charge in [-0.3, -0.25) is 4.79 Å². The Kier molecular flexibility index (Phi) is 5.66. The Morgan fingerprint density at radius 1 is 1.33 bits per heavy atom. The van der Waals surface area contributed by atoms with Gasteiger partial charge >= 0.3 is 6.18 Å². The van der Waals surface area contributed by atoms with E-state index in [0.29, 0.717) is 18.8 Å². The van der Waals surface area contributed by atoms with E-state index in [-0.39, 0.29) is 18.6 Å². The first-order chi connectivity index (χ1) is 9.47. The normalized spacial score (nSPS) is 29.2. The Labute approximate surface area is 123 Å². The third-order valence-corrected chi connectivity index (χ3v) is 3.87. The average Bonchev–Trinajstić information content (AvgIpc) is 2.30. The van der Waals surface area contributed by atoms with Crippen molar-refractivity contribution in [1.82, 2.24) is 10.6 Å². The topological polar surface area (TPSA) is 61.4 Å². The molecule has 0 heterocycles. The Bertz CT molecular complexity index is 372. The van der Waals surface area contributed by atoms with Gasteiger partial charge in [-0.1, -0.05) is 20.8 Å². The zero-order valence-corrected chi connectivity index (χ0v) is 12.8. The zero-order valence-electron chi connectivity index (χ0n) is 12.8. The van der Waals surface area contributed by atoms with Gasteiger partial charge in [0, 0.05) is 5.54 Å². The molecule has 1 fully saturated rings. The van der Waals surface area contributed by atoms with Crippen LogP contribution in [0.1, 0.15) is 40.0 Å². The summed E-state index contributed by atoms with van der Waals surface area (Å²) in [7, 11) is 0. The number of aliphatic hydroxyl groups is 1. The van der Waals surface area contributed by atoms with Crippen LogP contribution in [0, 0.1) is 11.3 Å². The molecule has 0 aliphatic heterocycles. The molecule has 1 aliphatic rings. The molecule has 124 valence electrons. The fourth-order valence-electron chi connectivity index (χ4n) is 3.58. The Balaban J connectivity index is 2.55. The van der Waals surface area contributed by atoms with E-state index in [4.69, 9.17) is 0 Å². The minimum atomic E-state index is -4.41. The molecular formula is C14H25F3N2O2. The monoisotopic (exact) mass is 310 g/mol. The molecule has 1 saturated carbocycles. The first-order valence-corrected chi connectivity index (χ1v) is 7.16. The molecule has 2 atom stereocenters. The summed E-state index contributed by atoms with van der Waals surface area (Å²) in [5.74, 6) is -0.331. The summed E-state index contributed by atoms with van der Waals surface area (Å²) >= 11 is 0. The number of nitrogens with one attached hydrogen (secondary N) is 2. The van der Waals surface area contributed by atoms with E-state index in [0.717, 1.165) is 6.42 Å². The maximum Gasteiger partial charge on any atom is 0.405 e. The number of aliphatic hydroxyl groups excluding tert-OH is 1. The van der Waals surface area contributed by atoms with E-state index < -0.39 is 24.2 Å². The highest BCUT2D eigenvalue weighted by atomic mass is 19.4. The second-order valence-electron chi connectivity index (χ2n) is 7.04. The van der Waals surface area contributed by atoms with E-state index in [1.807, 2.05) is 5.32 Å². The number of hydrogen-bond acceptors (Lipinski definition) is 3. The molecule has 3 N–H and O–H groups in total. The number of carbonyl (C=O) groups is 1. The molecule has 0 radical (unpaired) electrons. The third-order valence-electron chi connectivity index (χ3n) is 3.87. The first kappa shape index (κ1) is 18.2. The maximum absolute atomic E-state index is 12.0. The standard InChI is InChI=1S/C14H25F3N2O2/c1-10-4-12(2,3)7-13(5-10,9-20)19-6-11(21)18-8-14(15,16)17/h10,19-20H,4-9H2,1-3H3,(H,18,21)/t10-,13-/m0/s1. The van der Waals surface area contributed by atoms with Crippen LogP contribution in [0.25, 0.3) is 0 Å². The van der Waals surface area contributed by atoms with Crippen molar-refractivity contribution in [2.45, 2.75) is 51.7 Å². The van der Waals surface area contributed by atoms with Crippen LogP contribution in [0.15, 0.2) is 0 Å². The summed E-state index contributed by atoms with van der Waals surface area (Å²) < 4.78 is 36.1. The molecule has 0 saturated heterocycles. The molecule has 0 unspecified atom stereocenters. The second kappa shape index (κ2) is 6.52. The molecule has 0 spiro atoms. The molecule has 0 bridgehead atoms. The predicted molar refractivity (Wildman–Crippen MR) is 73.7 cm³/mol. The quantitative estimate of drug-likeness (QED) is 0.726. The number of carbonyl (C=O) groups excluding carboxylic acids is 1. The molecule has 1 aliphatic carbocycles. The molecule has 7 heteroatoms. The number of rotatable bonds is 5. The highest BCUT2D eigenvalue weighted by molar-refractivity contribution is 5.78. The van der Waals surface area contributed by atoms with E-state index in [1.165, 1.54) is 0 Å². The van der Waals surface area contributed by atoms with Gasteiger partial charge in [0.05, 0.1) is 13.2 Å². The van der Waals surface area contributed by atoms with Crippen molar-refractivity contribution in [1.29, 1.82) is 0 Å². The maximum atomic E-state index is 12.0. The van der Waals surface area contributed by atoms with Crippen LogP contribution in [-0.4, -0.2) is 42.4 Å². The molecule has 0 aromatic heterocycles. The van der Waals surface area contributed by atoms with Crippen LogP contribution < -0.4 is 10.6 Å². The highest BCUT2D eigenvalue weighted by Gasteiger charge is 2.42. The molecule has 1 rings (SSSR count). The first-order valence-electron chi connectivity index (χ1n) is 7.16. The number of halogens is 3. The van der Waals surface area contributed by atoms with Gasteiger partial charge in [-0.25, -0.2) is 0 Å². The molecule has 4 nitrogen and oxygen atoms in total. The molecule has 0 aromatic carbocycles. The van der Waals surface area contributed by atoms with E-state index in [1.54, 1.807) is 0 Å². The van der Waals surface area contributed by atoms with E-state index >= 15 is 0 Å². The fourth-order valence-corrected chi connectivity index (χ4v) is 3.58. The van der Waals surface area contributed by atoms with Gasteiger partial charge in [-0.2, -0.15) is 13.2 Å². The van der Waals surface area contributed by atoms with Crippen LogP contribution in [0.3, 0.4) is 0 Å². The summed E-state index contributed by atoms with van der Waals surface area (Å²) in [6.07, 6.45) is -1.99. The van der Waals surface area contributed by atoms with E-state index in [2.05, 4.69) is 26.1 Å². The summed E-state index contributed by atoms with van der Waals surface area (Å²) in [6, 6.07) is 0. The van der Waals surface area contributed by atoms with Crippen molar-refractivity contribution < 1.29 is 23.1 Å². The highest BCUT2D eigenvalue weighted by Crippen LogP contribution is 2.43. The van der Waals surface area contributed by atoms with Crippen molar-refractivity contribution in [3.63, 3.8) is 0 Å². The molecule has 0 aromatic rings. The van der Waals surface area contributed by atoms with Crippen LogP contribution in [0.4, 0.5) is 13.2 Å². The zero-order chi connectivity index (χ0) is 16.3. The molecule has 21 heavy (non-hydrogen) atoms. The SMILES string of the molecule is C[C@H]1CC(C)(C)C[C@@](CO)(NCC(=O)NCC(F)(F)F)C1. The van der Waals surface area contributed by atoms with Gasteiger partial charge in [-0.05, 0) is 30.6 Å². The van der Waals surface area contributed by atoms with Crippen molar-refractivity contribution in [2.24, 2.45) is 11.3 Å². The Morgan fingerprint density at radius 3 is 2.43 bits per heavy atom. The van der Waals surface area contributed by atoms with Crippen LogP contribution in [-0.2, 0) is 4.79 Å². The van der Waals surface area contributed by atoms with Gasteiger partial charge in [0.15, 0.2) is 0 Å². The minimum absolute atomic E-state index is 0.0237. The van der Waals surface area contributed by atoms with Gasteiger partial charge in [-0.15, -0.1) is 0 Å². The van der Waals surface area contributed by atoms with Gasteiger partial charge in [0.2, 0.25) is 5.91 Å². The van der Waals surface area contributed by atoms with Crippen molar-refractivity contribution in [3.05, 3.63) is 0 Å². The van der Waals surface area contributed by atoms with Crippen molar-refractivity contribution in [3.8, 4) is 0 Å². The number of hydrogen-bond donors (Lipinski definition) is 3. The summed E-state index contributed by atoms with van der Waals surface area (Å²) in [5.41, 5.74) is -0.577. The molecule has 1 amide bonds. The van der Waals surface area contributed by atoms with Crippen LogP contribution in [0.5, 0.6) is 0 Å². The van der Waals surface area contributed by atoms with Crippen LogP contribution in [0.2, 0.25) is 0 Å². The Hall–Kier alpha value is -0.820. The summed E-state index contributed by atoms with van der Waals surface area (Å²) in [4.78, 5) is 11.5. The fraction of sp³-hybridized carbons (Fsp3) is 0.929. The largest absolute Gasteiger partial charge is 0.405 e. The van der Waals surface area contributed by atoms with Crippen LogP contribution >= 0.6 is 0 Å². The second-order valence-corrected chi connectivity index (χ2v) is 7.04. The lowest BCUT2D eigenvalue weighted by atomic mass is 9.64. The van der Waals surface area contributed by atoms with Gasteiger partial charge in [0.25, 0.3) is 0 Å². The smallest absolute Gasteiger partial charge is 0.394 e. The number of amides is 1. The van der Waals surface area contributed by atoms with E-state index in [9.17, 15) is 23.1 Å². The predicted octanol–water partition coefficient (Wildman–Crippen LogP) is 1.83. The Morgan fingerprint density at radius 2 is 1.95 bits per heavy atom. The minimum Gasteiger partial charge on any atom is -0.394 e. The molecular weight excluding hydrogens is 285 g/mol. The lowest BCUT2D eigenvalue weighted by molar-refractivity contribution is -0.138. The van der Waals surface area contributed by atoms with Gasteiger partial charge < -0.3 is 15.7 Å². The third kappa shape index (κ3) is 6.22. The van der Waals surface area contributed by atoms with Gasteiger partial charge in [0.1, 0.15) is 6.54 Å². The lowest BCUT2D eigenvalue weighted by Gasteiger charge is -2.47. The summed E-state index contributed by atoms with van der Waals surface area (Å²) in [5, 5.41) is 14.5. The van der Waals surface area contributed by atoms with Crippen molar-refractivity contribution >= 4 is 5.91 Å². The lowest BCUT2D eigenvalue weighted by Crippen LogP contribution is -2.57. The summed E-state index contributed by atoms with van der Waals surface area (Å²) in [6.45, 7) is 4.59. The number of alkyl halides is 3. The van der Waals surface area contributed by atoms with Crippen molar-refractivity contribution in [2.75, 3.05) is 19.7 Å². The average molecular weight is 310 g/mol.